The van der Waals surface area contributed by atoms with Crippen LogP contribution in [0.4, 0.5) is 0 Å². The molecule has 0 aromatic heterocycles. The Balaban J connectivity index is 2.01. The van der Waals surface area contributed by atoms with Crippen molar-refractivity contribution in [3.63, 3.8) is 0 Å². The molecule has 14 heavy (non-hydrogen) atoms. The highest BCUT2D eigenvalue weighted by Crippen LogP contribution is 2.49. The van der Waals surface area contributed by atoms with Gasteiger partial charge >= 0.3 is 0 Å². The van der Waals surface area contributed by atoms with Crippen LogP contribution in [0.25, 0.3) is 0 Å². The van der Waals surface area contributed by atoms with Gasteiger partial charge in [-0.3, -0.25) is 4.90 Å². The Labute approximate surface area is 88.9 Å². The summed E-state index contributed by atoms with van der Waals surface area (Å²) in [4.78, 5) is 2.77. The molecule has 2 rings (SSSR count). The van der Waals surface area contributed by atoms with Crippen LogP contribution in [0.1, 0.15) is 59.3 Å². The lowest BCUT2D eigenvalue weighted by Crippen LogP contribution is -2.53. The number of nitrogens with zero attached hydrogens (tertiary/aromatic N) is 1. The average molecular weight is 195 g/mol. The zero-order valence-electron chi connectivity index (χ0n) is 10.1. The third-order valence-electron chi connectivity index (χ3n) is 4.54. The zero-order chi connectivity index (χ0) is 10.2. The largest absolute Gasteiger partial charge is 0.297 e. The first-order valence-electron chi connectivity index (χ1n) is 6.43. The Hall–Kier alpha value is -0.0400. The molecule has 1 saturated heterocycles. The maximum absolute atomic E-state index is 2.77. The van der Waals surface area contributed by atoms with Gasteiger partial charge in [-0.2, -0.15) is 0 Å². The highest BCUT2D eigenvalue weighted by Gasteiger charge is 2.43. The number of hydrogen-bond acceptors (Lipinski definition) is 1. The third-order valence-corrected chi connectivity index (χ3v) is 4.54. The van der Waals surface area contributed by atoms with Crippen LogP contribution in [-0.2, 0) is 0 Å². The van der Waals surface area contributed by atoms with Crippen LogP contribution < -0.4 is 0 Å². The lowest BCUT2D eigenvalue weighted by molar-refractivity contribution is -0.0278. The molecular formula is C13H25N. The normalized spacial score (nSPS) is 32.1. The van der Waals surface area contributed by atoms with E-state index in [0.717, 1.165) is 17.5 Å². The molecule has 0 radical (unpaired) electrons. The summed E-state index contributed by atoms with van der Waals surface area (Å²) in [7, 11) is 0. The second-order valence-corrected chi connectivity index (χ2v) is 5.72. The monoisotopic (exact) mass is 195 g/mol. The van der Waals surface area contributed by atoms with Crippen LogP contribution in [0.5, 0.6) is 0 Å². The van der Waals surface area contributed by atoms with Gasteiger partial charge in [-0.25, -0.2) is 0 Å². The summed E-state index contributed by atoms with van der Waals surface area (Å²) in [5.74, 6) is 0. The van der Waals surface area contributed by atoms with Gasteiger partial charge in [0.1, 0.15) is 0 Å². The fraction of sp³-hybridized carbons (Fsp3) is 1.00. The molecule has 1 heterocycles. The molecule has 1 saturated carbocycles. The van der Waals surface area contributed by atoms with E-state index in [2.05, 4.69) is 25.7 Å². The molecule has 0 N–H and O–H groups in total. The van der Waals surface area contributed by atoms with Crippen molar-refractivity contribution in [2.45, 2.75) is 71.4 Å². The highest BCUT2D eigenvalue weighted by atomic mass is 15.2. The van der Waals surface area contributed by atoms with Crippen LogP contribution in [-0.4, -0.2) is 23.5 Å². The molecule has 0 unspecified atom stereocenters. The number of hydrogen-bond donors (Lipinski definition) is 0. The Kier molecular flexibility index (Phi) is 2.88. The molecule has 2 fully saturated rings. The number of likely N-dealkylation sites (tertiary alicyclic amines) is 1. The highest BCUT2D eigenvalue weighted by molar-refractivity contribution is 4.96. The van der Waals surface area contributed by atoms with E-state index in [1.54, 1.807) is 0 Å². The minimum absolute atomic E-state index is 0.748. The van der Waals surface area contributed by atoms with E-state index in [0.29, 0.717) is 0 Å². The molecule has 0 aromatic rings. The molecule has 1 aliphatic carbocycles. The van der Waals surface area contributed by atoms with Gasteiger partial charge < -0.3 is 0 Å². The molecule has 0 aromatic carbocycles. The minimum Gasteiger partial charge on any atom is -0.297 e. The van der Waals surface area contributed by atoms with Crippen LogP contribution in [0.3, 0.4) is 0 Å². The molecule has 0 bridgehead atoms. The second kappa shape index (κ2) is 3.84. The predicted octanol–water partition coefficient (Wildman–Crippen LogP) is 3.44. The molecule has 1 heteroatoms. The maximum atomic E-state index is 2.77. The van der Waals surface area contributed by atoms with Crippen LogP contribution in [0.2, 0.25) is 0 Å². The first-order chi connectivity index (χ1) is 6.67. The van der Waals surface area contributed by atoms with Crippen molar-refractivity contribution in [1.82, 2.24) is 4.90 Å². The molecular weight excluding hydrogens is 170 g/mol. The molecule has 2 aliphatic rings. The zero-order valence-corrected chi connectivity index (χ0v) is 10.1. The van der Waals surface area contributed by atoms with Gasteiger partial charge in [0, 0.05) is 18.6 Å². The summed E-state index contributed by atoms with van der Waals surface area (Å²) >= 11 is 0. The first-order valence-corrected chi connectivity index (χ1v) is 6.43. The topological polar surface area (TPSA) is 3.24 Å². The smallest absolute Gasteiger partial charge is 0.00957 e. The van der Waals surface area contributed by atoms with E-state index in [4.69, 9.17) is 0 Å². The summed E-state index contributed by atoms with van der Waals surface area (Å²) in [6.07, 6.45) is 8.81. The average Bonchev–Trinajstić information content (AvgIpc) is 2.14. The quantitative estimate of drug-likeness (QED) is 0.652. The lowest BCUT2D eigenvalue weighted by atomic mass is 9.63. The predicted molar refractivity (Wildman–Crippen MR) is 61.4 cm³/mol. The van der Waals surface area contributed by atoms with Gasteiger partial charge in [-0.05, 0) is 51.4 Å². The van der Waals surface area contributed by atoms with E-state index < -0.39 is 0 Å². The SMILES string of the molecule is CC[C@H]1CCC2(CCC2)CN1C(C)C. The van der Waals surface area contributed by atoms with E-state index in [1.807, 2.05) is 0 Å². The Morgan fingerprint density at radius 1 is 1.29 bits per heavy atom. The summed E-state index contributed by atoms with van der Waals surface area (Å²) < 4.78 is 0. The summed E-state index contributed by atoms with van der Waals surface area (Å²) in [6, 6.07) is 1.62. The molecule has 82 valence electrons. The van der Waals surface area contributed by atoms with Gasteiger partial charge in [0.25, 0.3) is 0 Å². The summed E-state index contributed by atoms with van der Waals surface area (Å²) in [5, 5.41) is 0. The third kappa shape index (κ3) is 1.71. The Bertz CT molecular complexity index is 193. The van der Waals surface area contributed by atoms with Gasteiger partial charge in [-0.1, -0.05) is 13.3 Å². The van der Waals surface area contributed by atoms with Gasteiger partial charge in [-0.15, -0.1) is 0 Å². The summed E-state index contributed by atoms with van der Waals surface area (Å²) in [6.45, 7) is 8.46. The Morgan fingerprint density at radius 2 is 2.00 bits per heavy atom. The van der Waals surface area contributed by atoms with Crippen molar-refractivity contribution >= 4 is 0 Å². The number of rotatable bonds is 2. The van der Waals surface area contributed by atoms with Crippen molar-refractivity contribution < 1.29 is 0 Å². The van der Waals surface area contributed by atoms with E-state index in [1.165, 1.54) is 45.1 Å². The van der Waals surface area contributed by atoms with Crippen LogP contribution >= 0.6 is 0 Å². The van der Waals surface area contributed by atoms with Crippen molar-refractivity contribution in [3.05, 3.63) is 0 Å². The summed E-state index contributed by atoms with van der Waals surface area (Å²) in [5.41, 5.74) is 0.760. The van der Waals surface area contributed by atoms with Gasteiger partial charge in [0.15, 0.2) is 0 Å². The molecule has 0 amide bonds. The molecule has 1 atom stereocenters. The molecule has 1 aliphatic heterocycles. The van der Waals surface area contributed by atoms with Crippen molar-refractivity contribution in [3.8, 4) is 0 Å². The fourth-order valence-electron chi connectivity index (χ4n) is 3.36. The van der Waals surface area contributed by atoms with E-state index in [9.17, 15) is 0 Å². The van der Waals surface area contributed by atoms with Crippen molar-refractivity contribution in [1.29, 1.82) is 0 Å². The second-order valence-electron chi connectivity index (χ2n) is 5.72. The fourth-order valence-corrected chi connectivity index (χ4v) is 3.36. The molecule has 1 nitrogen and oxygen atoms in total. The standard InChI is InChI=1S/C13H25N/c1-4-12-6-9-13(7-5-8-13)10-14(12)11(2)3/h11-12H,4-10H2,1-3H3/t12-/m0/s1. The lowest BCUT2D eigenvalue weighted by Gasteiger charge is -2.53. The Morgan fingerprint density at radius 3 is 2.43 bits per heavy atom. The van der Waals surface area contributed by atoms with Crippen LogP contribution in [0, 0.1) is 5.41 Å². The van der Waals surface area contributed by atoms with E-state index in [-0.39, 0.29) is 0 Å². The minimum atomic E-state index is 0.748. The van der Waals surface area contributed by atoms with E-state index >= 15 is 0 Å². The van der Waals surface area contributed by atoms with Crippen LogP contribution in [0.15, 0.2) is 0 Å². The van der Waals surface area contributed by atoms with Crippen molar-refractivity contribution in [2.24, 2.45) is 5.41 Å². The first kappa shape index (κ1) is 10.5. The van der Waals surface area contributed by atoms with Crippen molar-refractivity contribution in [2.75, 3.05) is 6.54 Å². The maximum Gasteiger partial charge on any atom is 0.00957 e. The van der Waals surface area contributed by atoms with Gasteiger partial charge in [0.05, 0.1) is 0 Å². The number of piperidine rings is 1. The molecule has 1 spiro atoms. The van der Waals surface area contributed by atoms with Gasteiger partial charge in [0.2, 0.25) is 0 Å².